The summed E-state index contributed by atoms with van der Waals surface area (Å²) in [6.07, 6.45) is 0. The maximum atomic E-state index is 5.16. The van der Waals surface area contributed by atoms with Crippen LogP contribution in [0.25, 0.3) is 106 Å². The van der Waals surface area contributed by atoms with Crippen LogP contribution in [0.1, 0.15) is 0 Å². The van der Waals surface area contributed by atoms with E-state index in [1.54, 1.807) is 0 Å². The van der Waals surface area contributed by atoms with Crippen molar-refractivity contribution in [1.82, 2.24) is 19.5 Å². The minimum absolute atomic E-state index is 0.619. The summed E-state index contributed by atoms with van der Waals surface area (Å²) in [4.78, 5) is 15.3. The molecule has 0 atom stereocenters. The van der Waals surface area contributed by atoms with Crippen molar-refractivity contribution < 1.29 is 0 Å². The lowest BCUT2D eigenvalue weighted by Crippen LogP contribution is -2.00. The van der Waals surface area contributed by atoms with Crippen LogP contribution in [0.2, 0.25) is 0 Å². The minimum atomic E-state index is 0.619. The van der Waals surface area contributed by atoms with Gasteiger partial charge in [-0.2, -0.15) is 0 Å². The third-order valence-electron chi connectivity index (χ3n) is 11.5. The highest BCUT2D eigenvalue weighted by atomic mass is 15.0. The number of nitrogens with zero attached hydrogens (tertiary/aromatic N) is 4. The van der Waals surface area contributed by atoms with E-state index in [2.05, 4.69) is 199 Å². The average molecular weight is 779 g/mol. The average Bonchev–Trinajstić information content (AvgIpc) is 3.68. The SMILES string of the molecule is c1ccc(-c2ccc(-c3ccc(-n4c5cc(-c6ccccc6)ccc5c5ccc(-c6nc(-c7ccccc7)nc(-c7ccc(-c8ccccc8)cc7)n6)cc54)cc3)cc2)cc1. The lowest BCUT2D eigenvalue weighted by atomic mass is 10.0. The van der Waals surface area contributed by atoms with Crippen molar-refractivity contribution in [3.05, 3.63) is 231 Å². The maximum absolute atomic E-state index is 5.16. The van der Waals surface area contributed by atoms with Crippen LogP contribution >= 0.6 is 0 Å². The Kier molecular flexibility index (Phi) is 9.14. The minimum Gasteiger partial charge on any atom is -0.309 e. The van der Waals surface area contributed by atoms with E-state index < -0.39 is 0 Å². The Labute approximate surface area is 354 Å². The van der Waals surface area contributed by atoms with E-state index in [1.807, 2.05) is 36.4 Å². The molecule has 0 saturated carbocycles. The van der Waals surface area contributed by atoms with Gasteiger partial charge in [-0.1, -0.05) is 206 Å². The van der Waals surface area contributed by atoms with Gasteiger partial charge in [-0.25, -0.2) is 15.0 Å². The van der Waals surface area contributed by atoms with Crippen molar-refractivity contribution in [3.63, 3.8) is 0 Å². The Morgan fingerprint density at radius 3 is 0.951 bits per heavy atom. The molecule has 286 valence electrons. The molecule has 0 N–H and O–H groups in total. The largest absolute Gasteiger partial charge is 0.309 e. The van der Waals surface area contributed by atoms with Gasteiger partial charge in [-0.05, 0) is 68.8 Å². The van der Waals surface area contributed by atoms with E-state index in [1.165, 1.54) is 38.8 Å². The zero-order chi connectivity index (χ0) is 40.5. The first-order chi connectivity index (χ1) is 30.2. The lowest BCUT2D eigenvalue weighted by Gasteiger charge is -2.12. The molecule has 61 heavy (non-hydrogen) atoms. The molecule has 4 nitrogen and oxygen atoms in total. The summed E-state index contributed by atoms with van der Waals surface area (Å²) in [5.74, 6) is 1.88. The lowest BCUT2D eigenvalue weighted by molar-refractivity contribution is 1.07. The fourth-order valence-electron chi connectivity index (χ4n) is 8.33. The molecule has 11 aromatic rings. The molecule has 0 radical (unpaired) electrons. The Bertz CT molecular complexity index is 3290. The van der Waals surface area contributed by atoms with Gasteiger partial charge in [0.2, 0.25) is 0 Å². The molecular formula is C57H38N4. The van der Waals surface area contributed by atoms with E-state index in [9.17, 15) is 0 Å². The van der Waals surface area contributed by atoms with Gasteiger partial charge in [0.1, 0.15) is 0 Å². The molecule has 4 heteroatoms. The van der Waals surface area contributed by atoms with Gasteiger partial charge in [-0.15, -0.1) is 0 Å². The van der Waals surface area contributed by atoms with Crippen molar-refractivity contribution in [3.8, 4) is 84.4 Å². The molecule has 0 aliphatic carbocycles. The fourth-order valence-corrected chi connectivity index (χ4v) is 8.33. The first kappa shape index (κ1) is 35.9. The molecule has 0 unspecified atom stereocenters. The molecule has 0 fully saturated rings. The monoisotopic (exact) mass is 778 g/mol. The van der Waals surface area contributed by atoms with Crippen LogP contribution < -0.4 is 0 Å². The molecule has 0 amide bonds. The number of fused-ring (bicyclic) bond motifs is 3. The molecule has 0 bridgehead atoms. The summed E-state index contributed by atoms with van der Waals surface area (Å²) in [6, 6.07) is 81.3. The van der Waals surface area contributed by atoms with Crippen LogP contribution in [0, 0.1) is 0 Å². The topological polar surface area (TPSA) is 43.6 Å². The first-order valence-corrected chi connectivity index (χ1v) is 20.6. The number of hydrogen-bond donors (Lipinski definition) is 0. The van der Waals surface area contributed by atoms with Gasteiger partial charge in [-0.3, -0.25) is 0 Å². The summed E-state index contributed by atoms with van der Waals surface area (Å²) in [7, 11) is 0. The summed E-state index contributed by atoms with van der Waals surface area (Å²) in [6.45, 7) is 0. The second-order valence-corrected chi connectivity index (χ2v) is 15.3. The van der Waals surface area contributed by atoms with Gasteiger partial charge in [0.15, 0.2) is 17.5 Å². The van der Waals surface area contributed by atoms with Crippen molar-refractivity contribution in [2.24, 2.45) is 0 Å². The van der Waals surface area contributed by atoms with E-state index in [0.29, 0.717) is 17.5 Å². The van der Waals surface area contributed by atoms with Crippen LogP contribution in [0.15, 0.2) is 231 Å². The predicted octanol–water partition coefficient (Wildman–Crippen LogP) is 14.6. The van der Waals surface area contributed by atoms with Crippen LogP contribution in [-0.4, -0.2) is 19.5 Å². The second kappa shape index (κ2) is 15.5. The molecule has 2 aromatic heterocycles. The number of rotatable bonds is 8. The van der Waals surface area contributed by atoms with Crippen LogP contribution in [0.3, 0.4) is 0 Å². The summed E-state index contributed by atoms with van der Waals surface area (Å²) >= 11 is 0. The molecule has 2 heterocycles. The number of hydrogen-bond acceptors (Lipinski definition) is 3. The zero-order valence-electron chi connectivity index (χ0n) is 33.2. The molecule has 9 aromatic carbocycles. The highest BCUT2D eigenvalue weighted by Gasteiger charge is 2.18. The number of benzene rings is 9. The van der Waals surface area contributed by atoms with Crippen molar-refractivity contribution >= 4 is 21.8 Å². The van der Waals surface area contributed by atoms with Gasteiger partial charge in [0, 0.05) is 33.2 Å². The first-order valence-electron chi connectivity index (χ1n) is 20.6. The normalized spacial score (nSPS) is 11.3. The summed E-state index contributed by atoms with van der Waals surface area (Å²) in [5, 5.41) is 2.34. The quantitative estimate of drug-likeness (QED) is 0.154. The highest BCUT2D eigenvalue weighted by molar-refractivity contribution is 6.11. The van der Waals surface area contributed by atoms with Crippen molar-refractivity contribution in [2.45, 2.75) is 0 Å². The predicted molar refractivity (Wildman–Crippen MR) is 252 cm³/mol. The Hall–Kier alpha value is -8.21. The summed E-state index contributed by atoms with van der Waals surface area (Å²) in [5.41, 5.74) is 15.5. The smallest absolute Gasteiger partial charge is 0.164 e. The van der Waals surface area contributed by atoms with Crippen LogP contribution in [0.5, 0.6) is 0 Å². The number of aromatic nitrogens is 4. The van der Waals surface area contributed by atoms with Crippen LogP contribution in [-0.2, 0) is 0 Å². The molecule has 0 saturated heterocycles. The molecular weight excluding hydrogens is 741 g/mol. The Morgan fingerprint density at radius 2 is 0.508 bits per heavy atom. The van der Waals surface area contributed by atoms with Gasteiger partial charge in [0.05, 0.1) is 11.0 Å². The van der Waals surface area contributed by atoms with Crippen LogP contribution in [0.4, 0.5) is 0 Å². The van der Waals surface area contributed by atoms with E-state index in [4.69, 9.17) is 15.0 Å². The fraction of sp³-hybridized carbons (Fsp3) is 0. The second-order valence-electron chi connectivity index (χ2n) is 15.3. The van der Waals surface area contributed by atoms with Crippen molar-refractivity contribution in [1.29, 1.82) is 0 Å². The third-order valence-corrected chi connectivity index (χ3v) is 11.5. The molecule has 0 aliphatic heterocycles. The van der Waals surface area contributed by atoms with E-state index in [0.717, 1.165) is 49.9 Å². The molecule has 11 rings (SSSR count). The maximum Gasteiger partial charge on any atom is 0.164 e. The summed E-state index contributed by atoms with van der Waals surface area (Å²) < 4.78 is 2.38. The molecule has 0 aliphatic rings. The van der Waals surface area contributed by atoms with E-state index in [-0.39, 0.29) is 0 Å². The molecule has 0 spiro atoms. The van der Waals surface area contributed by atoms with Gasteiger partial charge < -0.3 is 4.57 Å². The van der Waals surface area contributed by atoms with Gasteiger partial charge in [0.25, 0.3) is 0 Å². The Morgan fingerprint density at radius 1 is 0.230 bits per heavy atom. The zero-order valence-corrected chi connectivity index (χ0v) is 33.2. The standard InChI is InChI=1S/C57H38N4/c1-5-13-39(14-6-1)42-21-23-44(24-22-42)45-29-33-50(34-30-45)61-53-37-48(41-17-9-3-10-18-41)31-35-51(53)52-36-32-49(38-54(52)61)57-59-55(46-19-11-4-12-20-46)58-56(60-57)47-27-25-43(26-28-47)40-15-7-2-8-16-40/h1-38H. The third kappa shape index (κ3) is 6.96. The Balaban J connectivity index is 1.04. The van der Waals surface area contributed by atoms with Gasteiger partial charge >= 0.3 is 0 Å². The highest BCUT2D eigenvalue weighted by Crippen LogP contribution is 2.38. The van der Waals surface area contributed by atoms with E-state index >= 15 is 0 Å². The van der Waals surface area contributed by atoms with Crippen molar-refractivity contribution in [2.75, 3.05) is 0 Å².